The molecule has 0 atom stereocenters. The summed E-state index contributed by atoms with van der Waals surface area (Å²) in [7, 11) is 1.97. The molecule has 2 nitrogen and oxygen atoms in total. The highest BCUT2D eigenvalue weighted by Gasteiger charge is 2.01. The van der Waals surface area contributed by atoms with Crippen LogP contribution in [0.1, 0.15) is 18.9 Å². The lowest BCUT2D eigenvalue weighted by Crippen LogP contribution is -1.93. The first kappa shape index (κ1) is 9.97. The van der Waals surface area contributed by atoms with E-state index in [0.717, 1.165) is 12.1 Å². The van der Waals surface area contributed by atoms with Crippen LogP contribution in [-0.2, 0) is 13.5 Å². The van der Waals surface area contributed by atoms with E-state index in [4.69, 9.17) is 0 Å². The van der Waals surface area contributed by atoms with Crippen molar-refractivity contribution in [3.8, 4) is 11.3 Å². The van der Waals surface area contributed by atoms with Gasteiger partial charge in [0.05, 0.1) is 5.69 Å². The van der Waals surface area contributed by atoms with Crippen molar-refractivity contribution in [1.29, 1.82) is 0 Å². The van der Waals surface area contributed by atoms with E-state index >= 15 is 0 Å². The second-order valence-corrected chi connectivity index (χ2v) is 3.79. The molecule has 0 saturated carbocycles. The lowest BCUT2D eigenvalue weighted by molar-refractivity contribution is 0.776. The zero-order valence-corrected chi connectivity index (χ0v) is 9.27. The SMILES string of the molecule is CCCc1ccc(-c2ccnn2C)cc1. The lowest BCUT2D eigenvalue weighted by Gasteiger charge is -2.03. The highest BCUT2D eigenvalue weighted by atomic mass is 15.2. The van der Waals surface area contributed by atoms with Crippen molar-refractivity contribution in [2.75, 3.05) is 0 Å². The van der Waals surface area contributed by atoms with Crippen LogP contribution < -0.4 is 0 Å². The van der Waals surface area contributed by atoms with Gasteiger partial charge in [-0.2, -0.15) is 5.10 Å². The molecule has 0 aliphatic heterocycles. The smallest absolute Gasteiger partial charge is 0.0678 e. The average molecular weight is 200 g/mol. The van der Waals surface area contributed by atoms with Gasteiger partial charge in [0.25, 0.3) is 0 Å². The highest BCUT2D eigenvalue weighted by molar-refractivity contribution is 5.59. The Morgan fingerprint density at radius 3 is 2.40 bits per heavy atom. The first-order valence-corrected chi connectivity index (χ1v) is 5.38. The maximum absolute atomic E-state index is 4.17. The minimum atomic E-state index is 1.16. The van der Waals surface area contributed by atoms with Crippen molar-refractivity contribution in [2.24, 2.45) is 7.05 Å². The van der Waals surface area contributed by atoms with Crippen molar-refractivity contribution in [3.05, 3.63) is 42.1 Å². The van der Waals surface area contributed by atoms with Gasteiger partial charge in [0.15, 0.2) is 0 Å². The summed E-state index contributed by atoms with van der Waals surface area (Å²) >= 11 is 0. The minimum absolute atomic E-state index is 1.16. The summed E-state index contributed by atoms with van der Waals surface area (Å²) in [5, 5.41) is 4.17. The van der Waals surface area contributed by atoms with Gasteiger partial charge >= 0.3 is 0 Å². The molecule has 0 aliphatic carbocycles. The number of nitrogens with zero attached hydrogens (tertiary/aromatic N) is 2. The number of hydrogen-bond acceptors (Lipinski definition) is 1. The molecule has 1 aromatic heterocycles. The largest absolute Gasteiger partial charge is 0.268 e. The Kier molecular flexibility index (Phi) is 2.86. The Balaban J connectivity index is 2.28. The molecule has 0 bridgehead atoms. The van der Waals surface area contributed by atoms with Crippen LogP contribution in [0.25, 0.3) is 11.3 Å². The average Bonchev–Trinajstić information content (AvgIpc) is 2.66. The molecular weight excluding hydrogens is 184 g/mol. The molecule has 0 fully saturated rings. The first-order valence-electron chi connectivity index (χ1n) is 5.38. The molecule has 2 rings (SSSR count). The summed E-state index contributed by atoms with van der Waals surface area (Å²) in [6.07, 6.45) is 4.19. The van der Waals surface area contributed by atoms with E-state index in [9.17, 15) is 0 Å². The maximum atomic E-state index is 4.17. The van der Waals surface area contributed by atoms with Crippen molar-refractivity contribution in [3.63, 3.8) is 0 Å². The molecule has 2 aromatic rings. The third kappa shape index (κ3) is 2.09. The van der Waals surface area contributed by atoms with Crippen molar-refractivity contribution in [1.82, 2.24) is 9.78 Å². The monoisotopic (exact) mass is 200 g/mol. The van der Waals surface area contributed by atoms with Crippen molar-refractivity contribution in [2.45, 2.75) is 19.8 Å². The fraction of sp³-hybridized carbons (Fsp3) is 0.308. The molecule has 0 N–H and O–H groups in total. The molecule has 78 valence electrons. The Morgan fingerprint density at radius 1 is 1.13 bits per heavy atom. The molecule has 2 heteroatoms. The van der Waals surface area contributed by atoms with E-state index in [0.29, 0.717) is 0 Å². The summed E-state index contributed by atoms with van der Waals surface area (Å²) in [5.41, 5.74) is 3.80. The third-order valence-corrected chi connectivity index (χ3v) is 2.61. The molecule has 0 aliphatic rings. The van der Waals surface area contributed by atoms with E-state index in [2.05, 4.69) is 36.3 Å². The predicted molar refractivity (Wildman–Crippen MR) is 62.6 cm³/mol. The second-order valence-electron chi connectivity index (χ2n) is 3.79. The number of rotatable bonds is 3. The van der Waals surface area contributed by atoms with Crippen LogP contribution in [0.2, 0.25) is 0 Å². The van der Waals surface area contributed by atoms with Gasteiger partial charge in [0.1, 0.15) is 0 Å². The molecule has 0 amide bonds. The van der Waals surface area contributed by atoms with Crippen LogP contribution in [0.3, 0.4) is 0 Å². The van der Waals surface area contributed by atoms with E-state index in [1.807, 2.05) is 24.0 Å². The quantitative estimate of drug-likeness (QED) is 0.744. The summed E-state index contributed by atoms with van der Waals surface area (Å²) in [4.78, 5) is 0. The van der Waals surface area contributed by atoms with E-state index in [-0.39, 0.29) is 0 Å². The van der Waals surface area contributed by atoms with Gasteiger partial charge in [0.2, 0.25) is 0 Å². The number of hydrogen-bond donors (Lipinski definition) is 0. The normalized spacial score (nSPS) is 10.5. The van der Waals surface area contributed by atoms with E-state index in [1.165, 1.54) is 17.5 Å². The van der Waals surface area contributed by atoms with E-state index < -0.39 is 0 Å². The van der Waals surface area contributed by atoms with Gasteiger partial charge in [-0.15, -0.1) is 0 Å². The molecule has 0 spiro atoms. The Morgan fingerprint density at radius 2 is 1.87 bits per heavy atom. The second kappa shape index (κ2) is 4.30. The summed E-state index contributed by atoms with van der Waals surface area (Å²) in [6, 6.07) is 10.8. The van der Waals surface area contributed by atoms with Crippen LogP contribution in [0.15, 0.2) is 36.5 Å². The Bertz CT molecular complexity index is 426. The fourth-order valence-electron chi connectivity index (χ4n) is 1.79. The zero-order valence-electron chi connectivity index (χ0n) is 9.27. The van der Waals surface area contributed by atoms with Crippen LogP contribution in [0.5, 0.6) is 0 Å². The van der Waals surface area contributed by atoms with Gasteiger partial charge in [-0.1, -0.05) is 37.6 Å². The summed E-state index contributed by atoms with van der Waals surface area (Å²) in [5.74, 6) is 0. The maximum Gasteiger partial charge on any atom is 0.0678 e. The van der Waals surface area contributed by atoms with Crippen molar-refractivity contribution >= 4 is 0 Å². The summed E-state index contributed by atoms with van der Waals surface area (Å²) < 4.78 is 1.90. The topological polar surface area (TPSA) is 17.8 Å². The molecule has 15 heavy (non-hydrogen) atoms. The Labute approximate surface area is 90.6 Å². The molecular formula is C13H16N2. The van der Waals surface area contributed by atoms with Gasteiger partial charge in [0, 0.05) is 13.2 Å². The molecule has 1 heterocycles. The van der Waals surface area contributed by atoms with Crippen LogP contribution in [-0.4, -0.2) is 9.78 Å². The predicted octanol–water partition coefficient (Wildman–Crippen LogP) is 3.04. The van der Waals surface area contributed by atoms with Crippen LogP contribution in [0.4, 0.5) is 0 Å². The highest BCUT2D eigenvalue weighted by Crippen LogP contribution is 2.18. The van der Waals surface area contributed by atoms with Crippen LogP contribution >= 0.6 is 0 Å². The van der Waals surface area contributed by atoms with Gasteiger partial charge in [-0.25, -0.2) is 0 Å². The first-order chi connectivity index (χ1) is 7.31. The van der Waals surface area contributed by atoms with Gasteiger partial charge in [-0.3, -0.25) is 4.68 Å². The number of aryl methyl sites for hydroxylation is 2. The summed E-state index contributed by atoms with van der Waals surface area (Å²) in [6.45, 7) is 2.20. The van der Waals surface area contributed by atoms with Crippen molar-refractivity contribution < 1.29 is 0 Å². The van der Waals surface area contributed by atoms with E-state index in [1.54, 1.807) is 0 Å². The zero-order chi connectivity index (χ0) is 10.7. The number of benzene rings is 1. The molecule has 0 radical (unpaired) electrons. The lowest BCUT2D eigenvalue weighted by atomic mass is 10.1. The minimum Gasteiger partial charge on any atom is -0.268 e. The Hall–Kier alpha value is -1.57. The standard InChI is InChI=1S/C13H16N2/c1-3-4-11-5-7-12(8-6-11)13-9-10-14-15(13)2/h5-10H,3-4H2,1-2H3. The molecule has 0 saturated heterocycles. The van der Waals surface area contributed by atoms with Crippen LogP contribution in [0, 0.1) is 0 Å². The fourth-order valence-corrected chi connectivity index (χ4v) is 1.79. The third-order valence-electron chi connectivity index (χ3n) is 2.61. The molecule has 1 aromatic carbocycles. The number of aromatic nitrogens is 2. The van der Waals surface area contributed by atoms with Gasteiger partial charge < -0.3 is 0 Å². The molecule has 0 unspecified atom stereocenters. The van der Waals surface area contributed by atoms with Gasteiger partial charge in [-0.05, 0) is 23.6 Å².